The number of thiocarbonyl (C=S) groups is 1. The second-order valence-corrected chi connectivity index (χ2v) is 30.8. The third-order valence-electron chi connectivity index (χ3n) is 20.7. The third kappa shape index (κ3) is 13.1. The number of nitrogens with zero attached hydrogens (tertiary/aromatic N) is 7. The van der Waals surface area contributed by atoms with Crippen LogP contribution in [0.2, 0.25) is 0 Å². The van der Waals surface area contributed by atoms with E-state index in [1.807, 2.05) is 13.0 Å². The van der Waals surface area contributed by atoms with Gasteiger partial charge in [0.2, 0.25) is 0 Å². The van der Waals surface area contributed by atoms with E-state index in [4.69, 9.17) is 32.2 Å². The van der Waals surface area contributed by atoms with Crippen molar-refractivity contribution in [3.8, 4) is 11.8 Å². The fourth-order valence-electron chi connectivity index (χ4n) is 15.8. The van der Waals surface area contributed by atoms with Crippen LogP contribution in [0.3, 0.4) is 0 Å². The van der Waals surface area contributed by atoms with E-state index in [0.717, 1.165) is 114 Å². The van der Waals surface area contributed by atoms with Crippen LogP contribution in [0.5, 0.6) is 0 Å². The minimum Gasteiger partial charge on any atom is -0.656 e. The topological polar surface area (TPSA) is 137 Å². The number of carbonyl (C=O) groups is 2. The van der Waals surface area contributed by atoms with Crippen LogP contribution in [-0.4, -0.2) is 59.4 Å². The number of carbonyl (C=O) groups excluding carboxylic acids is 1. The zero-order chi connectivity index (χ0) is 59.3. The molecule has 86 heavy (non-hydrogen) atoms. The molecule has 6 fully saturated rings. The Bertz CT molecular complexity index is 3680. The van der Waals surface area contributed by atoms with Gasteiger partial charge in [0.25, 0.3) is 11.5 Å². The Labute approximate surface area is 535 Å². The van der Waals surface area contributed by atoms with E-state index in [-0.39, 0.29) is 53.6 Å². The van der Waals surface area contributed by atoms with Crippen molar-refractivity contribution in [2.45, 2.75) is 220 Å². The number of hydrogen-bond donors (Lipinski definition) is 1. The molecule has 0 atom stereocenters. The average Bonchev–Trinajstić information content (AvgIpc) is 2.85. The molecular weight excluding hydrogens is 1180 g/mol. The van der Waals surface area contributed by atoms with Crippen LogP contribution in [0, 0.1) is 46.3 Å². The van der Waals surface area contributed by atoms with Gasteiger partial charge in [-0.15, -0.1) is 33.4 Å². The van der Waals surface area contributed by atoms with Gasteiger partial charge in [-0.05, 0) is 186 Å². The summed E-state index contributed by atoms with van der Waals surface area (Å²) in [5.41, 5.74) is 12.6. The Hall–Kier alpha value is -4.87. The van der Waals surface area contributed by atoms with Crippen LogP contribution in [0.15, 0.2) is 29.1 Å². The van der Waals surface area contributed by atoms with Crippen LogP contribution in [0.4, 0.5) is 5.69 Å². The molecule has 0 radical (unpaired) electrons. The fourth-order valence-corrected chi connectivity index (χ4v) is 18.5. The SMILES string of the molecule is CCN1C(=O)/C(=c2\sc(=CC3CCC(C#Cc4c5nc(c(C6CCCCC6)c6ccc([n-]6)c(N(C6CCC(C(C)(C)C)CC6)C6CCC(C(C)(C)C)CC6)c6nc(c(C7CCCCC7)c7ccc4[n-]7)C=C6)C=C5)CC3)c(=O)n2CC(=O)O)SC1=S.[Zn+2]. The normalized spacial score (nSPS) is 25.1. The van der Waals surface area contributed by atoms with Gasteiger partial charge >= 0.3 is 25.4 Å². The third-order valence-corrected chi connectivity index (χ3v) is 23.4. The number of aliphatic carboxylic acids is 1. The molecule has 8 bridgehead atoms. The largest absolute Gasteiger partial charge is 2.00 e. The maximum atomic E-state index is 13.9. The van der Waals surface area contributed by atoms with Crippen LogP contribution in [-0.2, 0) is 35.6 Å². The smallest absolute Gasteiger partial charge is 0.656 e. The van der Waals surface area contributed by atoms with Gasteiger partial charge in [-0.2, -0.15) is 0 Å². The molecule has 4 aromatic heterocycles. The van der Waals surface area contributed by atoms with Crippen molar-refractivity contribution in [2.24, 2.45) is 34.5 Å². The summed E-state index contributed by atoms with van der Waals surface area (Å²) in [6.45, 7) is 16.4. The molecule has 5 saturated carbocycles. The van der Waals surface area contributed by atoms with Crippen molar-refractivity contribution < 1.29 is 34.2 Å². The zero-order valence-electron chi connectivity index (χ0n) is 52.0. The molecule has 1 amide bonds. The first-order valence-corrected chi connectivity index (χ1v) is 34.5. The van der Waals surface area contributed by atoms with Gasteiger partial charge in [0, 0.05) is 35.8 Å². The van der Waals surface area contributed by atoms with E-state index in [2.05, 4.69) is 107 Å². The van der Waals surface area contributed by atoms with Crippen LogP contribution >= 0.6 is 35.3 Å². The summed E-state index contributed by atoms with van der Waals surface area (Å²) in [4.78, 5) is 67.0. The van der Waals surface area contributed by atoms with E-state index in [1.165, 1.54) is 128 Å². The predicted octanol–water partition coefficient (Wildman–Crippen LogP) is 15.0. The van der Waals surface area contributed by atoms with E-state index in [9.17, 15) is 19.5 Å². The molecule has 1 N–H and O–H groups in total. The van der Waals surface area contributed by atoms with E-state index in [1.54, 1.807) is 0 Å². The number of amides is 1. The Kier molecular flexibility index (Phi) is 19.2. The summed E-state index contributed by atoms with van der Waals surface area (Å²) in [6.07, 6.45) is 35.9. The van der Waals surface area contributed by atoms with E-state index in [0.29, 0.717) is 60.7 Å². The maximum absolute atomic E-state index is 13.9. The molecule has 5 aliphatic carbocycles. The van der Waals surface area contributed by atoms with Crippen molar-refractivity contribution in [3.63, 3.8) is 0 Å². The number of anilines is 1. The Morgan fingerprint density at radius 3 is 1.71 bits per heavy atom. The molecule has 0 unspecified atom stereocenters. The minimum atomic E-state index is -1.14. The molecule has 0 aromatic carbocycles. The van der Waals surface area contributed by atoms with Crippen LogP contribution in [0.1, 0.15) is 241 Å². The molecular formula is C71H87N7O4S3Zn. The first-order valence-electron chi connectivity index (χ1n) is 32.5. The Morgan fingerprint density at radius 2 is 1.19 bits per heavy atom. The number of thiazole rings is 1. The molecule has 15 heteroatoms. The number of fused-ring (bicyclic) bond motifs is 8. The van der Waals surface area contributed by atoms with Crippen LogP contribution < -0.4 is 29.6 Å². The van der Waals surface area contributed by atoms with Gasteiger partial charge < -0.3 is 20.0 Å². The molecule has 1 saturated heterocycles. The fraction of sp³-hybridized carbons (Fsp3) is 0.577. The molecule has 0 spiro atoms. The summed E-state index contributed by atoms with van der Waals surface area (Å²) in [5.74, 6) is 8.39. The van der Waals surface area contributed by atoms with E-state index < -0.39 is 12.5 Å². The van der Waals surface area contributed by atoms with Crippen molar-refractivity contribution in [1.29, 1.82) is 0 Å². The maximum Gasteiger partial charge on any atom is 2.00 e. The standard InChI is InChI=1S/C71H88N7O4S3.Zn/c1-8-76-67(82)65(85-69(76)83)68-77(42-61(79)80)66(81)60(84-68)41-44-21-19-43(20-22-44)23-32-51-52-33-35-54(72-52)62(45-15-11-9-12-16-45)56-37-39-58(74-56)64(59-40-38-57(75-59)63(46-17-13-10-14-18-46)55-36-34-53(51)73-55)78(49-28-24-47(25-29-49)70(2,3)4)50-30-26-48(27-31-50)71(5,6)7;/h33-41,43-50H,8-22,24-31,42H2,1-7H3,(H2-,72,73,74,75,79,80);/q-1;+2/p-1/b52-51?,53-51?,60-41?,62-54?,62-56?,63-55?,63-57?,64-58?,64-59?,68-65+;. The number of carboxylic acid groups (broad SMARTS) is 1. The van der Waals surface area contributed by atoms with Gasteiger partial charge in [-0.1, -0.05) is 146 Å². The first-order chi connectivity index (χ1) is 40.9. The van der Waals surface area contributed by atoms with Crippen LogP contribution in [0.25, 0.3) is 57.4 Å². The number of thioether (sulfide) groups is 1. The van der Waals surface area contributed by atoms with Crippen molar-refractivity contribution in [2.75, 3.05) is 11.4 Å². The summed E-state index contributed by atoms with van der Waals surface area (Å²) in [5, 5.41) is 9.82. The first kappa shape index (κ1) is 62.7. The van der Waals surface area contributed by atoms with Gasteiger partial charge in [-0.25, -0.2) is 9.97 Å². The van der Waals surface area contributed by atoms with E-state index >= 15 is 0 Å². The number of hydrogen-bond acceptors (Lipinski definition) is 9. The monoisotopic (exact) mass is 1260 g/mol. The number of carboxylic acids is 1. The molecule has 450 valence electrons. The van der Waals surface area contributed by atoms with Crippen molar-refractivity contribution >= 4 is 115 Å². The van der Waals surface area contributed by atoms with Crippen molar-refractivity contribution in [1.82, 2.24) is 29.4 Å². The summed E-state index contributed by atoms with van der Waals surface area (Å²) in [6, 6.07) is 9.89. The zero-order valence-corrected chi connectivity index (χ0v) is 57.4. The summed E-state index contributed by atoms with van der Waals surface area (Å²) in [7, 11) is 0. The second kappa shape index (κ2) is 26.3. The molecule has 12 rings (SSSR count). The van der Waals surface area contributed by atoms with Gasteiger partial charge in [0.1, 0.15) is 20.4 Å². The average molecular weight is 1260 g/mol. The minimum absolute atomic E-state index is 0. The summed E-state index contributed by atoms with van der Waals surface area (Å²) >= 11 is 7.81. The summed E-state index contributed by atoms with van der Waals surface area (Å²) < 4.78 is 2.45. The molecule has 7 heterocycles. The van der Waals surface area contributed by atoms with Crippen molar-refractivity contribution in [3.05, 3.63) is 83.3 Å². The van der Waals surface area contributed by atoms with Gasteiger partial charge in [-0.3, -0.25) is 23.9 Å². The Balaban J connectivity index is 0.00000768. The number of rotatable bonds is 9. The second-order valence-electron chi connectivity index (χ2n) is 28.1. The van der Waals surface area contributed by atoms with Gasteiger partial charge in [0.05, 0.1) is 27.3 Å². The molecule has 3 aliphatic heterocycles. The Morgan fingerprint density at radius 1 is 0.686 bits per heavy atom. The number of aromatic nitrogens is 5. The quantitative estimate of drug-likeness (QED) is 0.0841. The predicted molar refractivity (Wildman–Crippen MR) is 355 cm³/mol. The molecule has 11 nitrogen and oxygen atoms in total. The van der Waals surface area contributed by atoms with Gasteiger partial charge in [0.15, 0.2) is 0 Å². The molecule has 4 aromatic rings. The molecule has 8 aliphatic rings.